The number of nitrogens with two attached hydrogens (primary N) is 1. The second kappa shape index (κ2) is 4.74. The van der Waals surface area contributed by atoms with Crippen molar-refractivity contribution in [1.82, 2.24) is 19.8 Å². The van der Waals surface area contributed by atoms with E-state index in [9.17, 15) is 4.79 Å². The Balaban J connectivity index is 2.37. The van der Waals surface area contributed by atoms with Gasteiger partial charge in [-0.15, -0.1) is 10.2 Å². The van der Waals surface area contributed by atoms with Crippen LogP contribution in [-0.4, -0.2) is 39.7 Å². The van der Waals surface area contributed by atoms with Crippen LogP contribution >= 0.6 is 0 Å². The SMILES string of the molecule is CN(C)C(=CC(=O)c1ccco1)c1nncn1N. The normalized spacial score (nSPS) is 11.6. The summed E-state index contributed by atoms with van der Waals surface area (Å²) in [4.78, 5) is 13.7. The lowest BCUT2D eigenvalue weighted by Gasteiger charge is -2.15. The van der Waals surface area contributed by atoms with Crippen LogP contribution in [0.2, 0.25) is 0 Å². The lowest BCUT2D eigenvalue weighted by atomic mass is 10.2. The molecular formula is C11H13N5O2. The molecule has 0 saturated carbocycles. The second-order valence-electron chi connectivity index (χ2n) is 3.83. The third-order valence-corrected chi connectivity index (χ3v) is 2.32. The van der Waals surface area contributed by atoms with Crippen molar-refractivity contribution in [1.29, 1.82) is 0 Å². The standard InChI is InChI=1S/C11H13N5O2/c1-15(2)8(11-14-13-7-16(11)12)6-9(17)10-4-3-5-18-10/h3-7H,12H2,1-2H3. The molecule has 2 rings (SSSR count). The quantitative estimate of drug-likeness (QED) is 0.477. The molecular weight excluding hydrogens is 234 g/mol. The van der Waals surface area contributed by atoms with Gasteiger partial charge >= 0.3 is 0 Å². The van der Waals surface area contributed by atoms with Crippen LogP contribution in [0.15, 0.2) is 35.2 Å². The van der Waals surface area contributed by atoms with Gasteiger partial charge in [0, 0.05) is 20.2 Å². The summed E-state index contributed by atoms with van der Waals surface area (Å²) >= 11 is 0. The molecule has 0 bridgehead atoms. The molecule has 7 nitrogen and oxygen atoms in total. The molecule has 0 atom stereocenters. The zero-order chi connectivity index (χ0) is 13.1. The van der Waals surface area contributed by atoms with Crippen LogP contribution in [0.25, 0.3) is 5.70 Å². The minimum atomic E-state index is -0.258. The highest BCUT2D eigenvalue weighted by Crippen LogP contribution is 2.14. The number of furan rings is 1. The van der Waals surface area contributed by atoms with Gasteiger partial charge in [0.2, 0.25) is 5.78 Å². The Morgan fingerprint density at radius 3 is 2.83 bits per heavy atom. The molecule has 0 aliphatic carbocycles. The first-order chi connectivity index (χ1) is 8.59. The van der Waals surface area contributed by atoms with Gasteiger partial charge in [-0.1, -0.05) is 0 Å². The zero-order valence-corrected chi connectivity index (χ0v) is 10.1. The number of carbonyl (C=O) groups is 1. The summed E-state index contributed by atoms with van der Waals surface area (Å²) in [7, 11) is 3.58. The smallest absolute Gasteiger partial charge is 0.223 e. The average Bonchev–Trinajstić information content (AvgIpc) is 2.96. The summed E-state index contributed by atoms with van der Waals surface area (Å²) in [5.74, 6) is 6.07. The van der Waals surface area contributed by atoms with Gasteiger partial charge in [0.1, 0.15) is 6.33 Å². The summed E-state index contributed by atoms with van der Waals surface area (Å²) in [6.07, 6.45) is 4.22. The Bertz CT molecular complexity index is 568. The first-order valence-corrected chi connectivity index (χ1v) is 5.22. The summed E-state index contributed by atoms with van der Waals surface area (Å²) in [5.41, 5.74) is 0.552. The van der Waals surface area contributed by atoms with Crippen LogP contribution in [0.3, 0.4) is 0 Å². The van der Waals surface area contributed by atoms with E-state index in [4.69, 9.17) is 10.3 Å². The van der Waals surface area contributed by atoms with Gasteiger partial charge in [-0.05, 0) is 12.1 Å². The van der Waals surface area contributed by atoms with Gasteiger partial charge in [-0.2, -0.15) is 0 Å². The van der Waals surface area contributed by atoms with E-state index in [1.807, 2.05) is 0 Å². The third-order valence-electron chi connectivity index (χ3n) is 2.32. The zero-order valence-electron chi connectivity index (χ0n) is 10.1. The van der Waals surface area contributed by atoms with E-state index in [-0.39, 0.29) is 11.5 Å². The van der Waals surface area contributed by atoms with Crippen molar-refractivity contribution in [3.63, 3.8) is 0 Å². The molecule has 0 radical (unpaired) electrons. The highest BCUT2D eigenvalue weighted by atomic mass is 16.3. The maximum Gasteiger partial charge on any atom is 0.223 e. The fourth-order valence-corrected chi connectivity index (χ4v) is 1.43. The fraction of sp³-hybridized carbons (Fsp3) is 0.182. The van der Waals surface area contributed by atoms with E-state index in [0.29, 0.717) is 11.5 Å². The predicted octanol–water partition coefficient (Wildman–Crippen LogP) is 0.370. The maximum atomic E-state index is 11.9. The number of hydrogen-bond donors (Lipinski definition) is 1. The Hall–Kier alpha value is -2.57. The Morgan fingerprint density at radius 2 is 2.33 bits per heavy atom. The first-order valence-electron chi connectivity index (χ1n) is 5.22. The summed E-state index contributed by atoms with van der Waals surface area (Å²) < 4.78 is 6.29. The molecule has 0 fully saturated rings. The second-order valence-corrected chi connectivity index (χ2v) is 3.83. The van der Waals surface area contributed by atoms with Crippen LogP contribution in [0.5, 0.6) is 0 Å². The number of nitrogen functional groups attached to an aromatic ring is 1. The van der Waals surface area contributed by atoms with Gasteiger partial charge in [0.15, 0.2) is 11.6 Å². The minimum absolute atomic E-state index is 0.258. The number of carbonyl (C=O) groups excluding carboxylic acids is 1. The number of nitrogens with zero attached hydrogens (tertiary/aromatic N) is 4. The van der Waals surface area contributed by atoms with Crippen molar-refractivity contribution in [3.8, 4) is 0 Å². The average molecular weight is 247 g/mol. The summed E-state index contributed by atoms with van der Waals surface area (Å²) in [6, 6.07) is 3.25. The van der Waals surface area contributed by atoms with E-state index >= 15 is 0 Å². The van der Waals surface area contributed by atoms with Crippen molar-refractivity contribution in [2.75, 3.05) is 19.9 Å². The molecule has 0 amide bonds. The minimum Gasteiger partial charge on any atom is -0.461 e. The molecule has 94 valence electrons. The lowest BCUT2D eigenvalue weighted by Crippen LogP contribution is -2.19. The molecule has 2 aromatic rings. The number of ketones is 1. The summed E-state index contributed by atoms with van der Waals surface area (Å²) in [6.45, 7) is 0. The number of allylic oxidation sites excluding steroid dienone is 1. The molecule has 0 aliphatic heterocycles. The van der Waals surface area contributed by atoms with E-state index < -0.39 is 0 Å². The van der Waals surface area contributed by atoms with Crippen LogP contribution < -0.4 is 5.84 Å². The molecule has 2 aromatic heterocycles. The van der Waals surface area contributed by atoms with Crippen LogP contribution in [0, 0.1) is 0 Å². The summed E-state index contributed by atoms with van der Waals surface area (Å²) in [5, 5.41) is 7.55. The molecule has 18 heavy (non-hydrogen) atoms. The van der Waals surface area contributed by atoms with Crippen LogP contribution in [-0.2, 0) is 0 Å². The Kier molecular flexibility index (Phi) is 3.13. The van der Waals surface area contributed by atoms with Gasteiger partial charge < -0.3 is 15.2 Å². The Labute approximate surface area is 103 Å². The van der Waals surface area contributed by atoms with Gasteiger partial charge in [0.25, 0.3) is 0 Å². The molecule has 0 unspecified atom stereocenters. The van der Waals surface area contributed by atoms with Crippen molar-refractivity contribution in [2.24, 2.45) is 0 Å². The highest BCUT2D eigenvalue weighted by Gasteiger charge is 2.15. The molecule has 7 heteroatoms. The van der Waals surface area contributed by atoms with E-state index in [0.717, 1.165) is 0 Å². The first kappa shape index (κ1) is 11.9. The molecule has 0 saturated heterocycles. The van der Waals surface area contributed by atoms with Crippen molar-refractivity contribution in [3.05, 3.63) is 42.4 Å². The molecule has 0 spiro atoms. The third kappa shape index (κ3) is 2.24. The van der Waals surface area contributed by atoms with Crippen molar-refractivity contribution < 1.29 is 9.21 Å². The van der Waals surface area contributed by atoms with Crippen molar-refractivity contribution >= 4 is 11.5 Å². The van der Waals surface area contributed by atoms with E-state index in [1.54, 1.807) is 31.1 Å². The Morgan fingerprint density at radius 1 is 1.56 bits per heavy atom. The highest BCUT2D eigenvalue weighted by molar-refractivity contribution is 6.06. The molecule has 2 N–H and O–H groups in total. The van der Waals surface area contributed by atoms with Gasteiger partial charge in [0.05, 0.1) is 12.0 Å². The monoisotopic (exact) mass is 247 g/mol. The number of aromatic nitrogens is 3. The molecule has 0 aromatic carbocycles. The number of hydrogen-bond acceptors (Lipinski definition) is 6. The fourth-order valence-electron chi connectivity index (χ4n) is 1.43. The van der Waals surface area contributed by atoms with Crippen LogP contribution in [0.4, 0.5) is 0 Å². The van der Waals surface area contributed by atoms with Gasteiger partial charge in [-0.3, -0.25) is 4.79 Å². The van der Waals surface area contributed by atoms with Gasteiger partial charge in [-0.25, -0.2) is 4.68 Å². The van der Waals surface area contributed by atoms with Crippen LogP contribution in [0.1, 0.15) is 16.4 Å². The molecule has 0 aliphatic rings. The predicted molar refractivity (Wildman–Crippen MR) is 64.9 cm³/mol. The lowest BCUT2D eigenvalue weighted by molar-refractivity contribution is 0.102. The number of rotatable bonds is 4. The molecule has 2 heterocycles. The van der Waals surface area contributed by atoms with Crippen molar-refractivity contribution in [2.45, 2.75) is 0 Å². The topological polar surface area (TPSA) is 90.2 Å². The van der Waals surface area contributed by atoms with E-state index in [2.05, 4.69) is 10.2 Å². The largest absolute Gasteiger partial charge is 0.461 e. The van der Waals surface area contributed by atoms with E-state index in [1.165, 1.54) is 23.3 Å². The maximum absolute atomic E-state index is 11.9.